The summed E-state index contributed by atoms with van der Waals surface area (Å²) in [5.41, 5.74) is 1.80. The molecular weight excluding hydrogens is 302 g/mol. The lowest BCUT2D eigenvalue weighted by Gasteiger charge is -2.16. The van der Waals surface area contributed by atoms with Crippen LogP contribution in [0.5, 0.6) is 5.75 Å². The van der Waals surface area contributed by atoms with Crippen LogP contribution in [-0.2, 0) is 30.0 Å². The van der Waals surface area contributed by atoms with Crippen molar-refractivity contribution in [2.75, 3.05) is 7.05 Å². The first-order chi connectivity index (χ1) is 10.4. The number of benzene rings is 1. The maximum atomic E-state index is 12.7. The predicted molar refractivity (Wildman–Crippen MR) is 82.1 cm³/mol. The van der Waals surface area contributed by atoms with Crippen molar-refractivity contribution in [1.29, 1.82) is 0 Å². The van der Waals surface area contributed by atoms with Gasteiger partial charge < -0.3 is 4.74 Å². The maximum Gasteiger partial charge on any atom is 0.243 e. The molecule has 22 heavy (non-hydrogen) atoms. The van der Waals surface area contributed by atoms with E-state index in [1.54, 1.807) is 43.2 Å². The fourth-order valence-electron chi connectivity index (χ4n) is 2.63. The highest BCUT2D eigenvalue weighted by Gasteiger charge is 2.25. The largest absolute Gasteiger partial charge is 0.490 e. The molecule has 1 aliphatic heterocycles. The van der Waals surface area contributed by atoms with Gasteiger partial charge in [-0.1, -0.05) is 0 Å². The summed E-state index contributed by atoms with van der Waals surface area (Å²) in [6, 6.07) is 5.06. The molecule has 0 spiro atoms. The molecule has 2 aromatic rings. The summed E-state index contributed by atoms with van der Waals surface area (Å²) in [5, 5.41) is 4.06. The van der Waals surface area contributed by atoms with E-state index < -0.39 is 10.0 Å². The lowest BCUT2D eigenvalue weighted by molar-refractivity contribution is 0.254. The number of nitrogens with zero attached hydrogens (tertiary/aromatic N) is 3. The average molecular weight is 321 g/mol. The van der Waals surface area contributed by atoms with Crippen molar-refractivity contribution in [3.05, 3.63) is 41.7 Å². The topological polar surface area (TPSA) is 64.4 Å². The number of ether oxygens (including phenoxy) is 1. The molecule has 1 aliphatic rings. The van der Waals surface area contributed by atoms with Gasteiger partial charge in [0.1, 0.15) is 11.9 Å². The van der Waals surface area contributed by atoms with Crippen molar-refractivity contribution in [2.24, 2.45) is 7.05 Å². The second-order valence-electron chi connectivity index (χ2n) is 5.69. The van der Waals surface area contributed by atoms with E-state index in [0.717, 1.165) is 23.3 Å². The van der Waals surface area contributed by atoms with Crippen molar-refractivity contribution in [3.63, 3.8) is 0 Å². The first-order valence-electron chi connectivity index (χ1n) is 7.10. The van der Waals surface area contributed by atoms with Crippen molar-refractivity contribution in [1.82, 2.24) is 14.1 Å². The van der Waals surface area contributed by atoms with Crippen molar-refractivity contribution in [2.45, 2.75) is 30.9 Å². The Bertz CT molecular complexity index is 798. The molecule has 0 bridgehead atoms. The van der Waals surface area contributed by atoms with Crippen LogP contribution in [0.2, 0.25) is 0 Å². The molecule has 118 valence electrons. The van der Waals surface area contributed by atoms with Crippen LogP contribution >= 0.6 is 0 Å². The smallest absolute Gasteiger partial charge is 0.243 e. The average Bonchev–Trinajstić information content (AvgIpc) is 3.02. The lowest BCUT2D eigenvalue weighted by Crippen LogP contribution is -2.26. The van der Waals surface area contributed by atoms with E-state index in [1.807, 2.05) is 13.1 Å². The van der Waals surface area contributed by atoms with Crippen molar-refractivity contribution >= 4 is 10.0 Å². The Hall–Kier alpha value is -1.86. The maximum absolute atomic E-state index is 12.7. The molecule has 1 aromatic heterocycles. The van der Waals surface area contributed by atoms with Gasteiger partial charge in [0.15, 0.2) is 0 Å². The molecule has 0 saturated heterocycles. The molecule has 0 fully saturated rings. The van der Waals surface area contributed by atoms with E-state index in [-0.39, 0.29) is 6.10 Å². The normalized spacial score (nSPS) is 17.5. The molecule has 1 atom stereocenters. The van der Waals surface area contributed by atoms with Gasteiger partial charge >= 0.3 is 0 Å². The van der Waals surface area contributed by atoms with Crippen LogP contribution in [0, 0.1) is 0 Å². The SMILES string of the molecule is CC1Cc2cc(S(=O)(=O)N(C)Cc3cnn(C)c3)ccc2O1. The Morgan fingerprint density at radius 2 is 2.23 bits per heavy atom. The highest BCUT2D eigenvalue weighted by Crippen LogP contribution is 2.31. The molecule has 1 unspecified atom stereocenters. The van der Waals surface area contributed by atoms with Gasteiger partial charge in [0.05, 0.1) is 11.1 Å². The number of rotatable bonds is 4. The van der Waals surface area contributed by atoms with Crippen LogP contribution in [0.25, 0.3) is 0 Å². The van der Waals surface area contributed by atoms with Crippen LogP contribution in [0.15, 0.2) is 35.5 Å². The Balaban J connectivity index is 1.85. The summed E-state index contributed by atoms with van der Waals surface area (Å²) in [6.07, 6.45) is 4.32. The van der Waals surface area contributed by atoms with E-state index in [2.05, 4.69) is 5.10 Å². The van der Waals surface area contributed by atoms with E-state index in [4.69, 9.17) is 4.74 Å². The zero-order valence-electron chi connectivity index (χ0n) is 12.9. The number of hydrogen-bond donors (Lipinski definition) is 0. The molecule has 7 heteroatoms. The van der Waals surface area contributed by atoms with Gasteiger partial charge in [-0.3, -0.25) is 4.68 Å². The Morgan fingerprint density at radius 1 is 1.45 bits per heavy atom. The summed E-state index contributed by atoms with van der Waals surface area (Å²) in [6.45, 7) is 2.27. The number of aryl methyl sites for hydroxylation is 1. The molecule has 3 rings (SSSR count). The molecule has 1 aromatic carbocycles. The Labute approximate surface area is 130 Å². The van der Waals surface area contributed by atoms with E-state index in [9.17, 15) is 8.42 Å². The van der Waals surface area contributed by atoms with Gasteiger partial charge in [0, 0.05) is 38.8 Å². The first-order valence-corrected chi connectivity index (χ1v) is 8.54. The summed E-state index contributed by atoms with van der Waals surface area (Å²) in [5.74, 6) is 0.779. The second kappa shape index (κ2) is 5.40. The highest BCUT2D eigenvalue weighted by molar-refractivity contribution is 7.89. The van der Waals surface area contributed by atoms with Gasteiger partial charge in [-0.15, -0.1) is 0 Å². The molecule has 0 saturated carbocycles. The summed E-state index contributed by atoms with van der Waals surface area (Å²) in [4.78, 5) is 0.301. The molecule has 0 radical (unpaired) electrons. The minimum absolute atomic E-state index is 0.0982. The van der Waals surface area contributed by atoms with Gasteiger partial charge in [-0.2, -0.15) is 9.40 Å². The van der Waals surface area contributed by atoms with Gasteiger partial charge in [0.25, 0.3) is 0 Å². The summed E-state index contributed by atoms with van der Waals surface area (Å²) >= 11 is 0. The third-order valence-corrected chi connectivity index (χ3v) is 5.54. The molecular formula is C15H19N3O3S. The van der Waals surface area contributed by atoms with Gasteiger partial charge in [-0.05, 0) is 30.7 Å². The third kappa shape index (κ3) is 2.74. The fraction of sp³-hybridized carbons (Fsp3) is 0.400. The number of aromatic nitrogens is 2. The molecule has 6 nitrogen and oxygen atoms in total. The number of hydrogen-bond acceptors (Lipinski definition) is 4. The molecule has 2 heterocycles. The minimum Gasteiger partial charge on any atom is -0.490 e. The molecule has 0 N–H and O–H groups in total. The standard InChI is InChI=1S/C15H19N3O3S/c1-11-6-13-7-14(4-5-15(13)21-11)22(19,20)18(3)10-12-8-16-17(2)9-12/h4-5,7-9,11H,6,10H2,1-3H3. The number of sulfonamides is 1. The van der Waals surface area contributed by atoms with Crippen LogP contribution in [-0.4, -0.2) is 35.7 Å². The quantitative estimate of drug-likeness (QED) is 0.857. The second-order valence-corrected chi connectivity index (χ2v) is 7.73. The van der Waals surface area contributed by atoms with Gasteiger partial charge in [0.2, 0.25) is 10.0 Å². The number of fused-ring (bicyclic) bond motifs is 1. The Morgan fingerprint density at radius 3 is 2.91 bits per heavy atom. The highest BCUT2D eigenvalue weighted by atomic mass is 32.2. The van der Waals surface area contributed by atoms with Crippen LogP contribution < -0.4 is 4.74 Å². The monoisotopic (exact) mass is 321 g/mol. The van der Waals surface area contributed by atoms with Crippen LogP contribution in [0.3, 0.4) is 0 Å². The zero-order valence-corrected chi connectivity index (χ0v) is 13.7. The van der Waals surface area contributed by atoms with Crippen LogP contribution in [0.4, 0.5) is 0 Å². The van der Waals surface area contributed by atoms with Crippen molar-refractivity contribution in [3.8, 4) is 5.75 Å². The van der Waals surface area contributed by atoms with E-state index in [1.165, 1.54) is 4.31 Å². The van der Waals surface area contributed by atoms with Gasteiger partial charge in [-0.25, -0.2) is 8.42 Å². The predicted octanol–water partition coefficient (Wildman–Crippen LogP) is 1.56. The first kappa shape index (κ1) is 15.1. The zero-order chi connectivity index (χ0) is 15.9. The Kier molecular flexibility index (Phi) is 3.70. The van der Waals surface area contributed by atoms with E-state index >= 15 is 0 Å². The van der Waals surface area contributed by atoms with Crippen LogP contribution in [0.1, 0.15) is 18.1 Å². The minimum atomic E-state index is -3.53. The van der Waals surface area contributed by atoms with E-state index in [0.29, 0.717) is 11.4 Å². The summed E-state index contributed by atoms with van der Waals surface area (Å²) in [7, 11) is -0.143. The molecule has 0 amide bonds. The fourth-order valence-corrected chi connectivity index (χ4v) is 3.84. The lowest BCUT2D eigenvalue weighted by atomic mass is 10.1. The molecule has 0 aliphatic carbocycles. The van der Waals surface area contributed by atoms with Crippen molar-refractivity contribution < 1.29 is 13.2 Å². The third-order valence-electron chi connectivity index (χ3n) is 3.74. The summed E-state index contributed by atoms with van der Waals surface area (Å²) < 4.78 is 34.0.